The van der Waals surface area contributed by atoms with Gasteiger partial charge in [-0.2, -0.15) is 0 Å². The highest BCUT2D eigenvalue weighted by Crippen LogP contribution is 2.39. The van der Waals surface area contributed by atoms with E-state index in [0.29, 0.717) is 30.5 Å². The summed E-state index contributed by atoms with van der Waals surface area (Å²) in [5.74, 6) is 0.684. The third kappa shape index (κ3) is 5.72. The predicted molar refractivity (Wildman–Crippen MR) is 144 cm³/mol. The lowest BCUT2D eigenvalue weighted by Gasteiger charge is -2.35. The van der Waals surface area contributed by atoms with Crippen molar-refractivity contribution in [3.63, 3.8) is 0 Å². The highest BCUT2D eigenvalue weighted by atomic mass is 35.5. The summed E-state index contributed by atoms with van der Waals surface area (Å²) in [5.41, 5.74) is 4.11. The van der Waals surface area contributed by atoms with Gasteiger partial charge in [0.25, 0.3) is 0 Å². The molecule has 1 amide bonds. The molecule has 0 radical (unpaired) electrons. The first-order chi connectivity index (χ1) is 17.9. The van der Waals surface area contributed by atoms with Gasteiger partial charge in [-0.25, -0.2) is 4.79 Å². The number of H-pyrrole nitrogens is 1. The summed E-state index contributed by atoms with van der Waals surface area (Å²) in [7, 11) is 2.12. The fourth-order valence-corrected chi connectivity index (χ4v) is 5.50. The first-order valence-electron chi connectivity index (χ1n) is 13.0. The molecule has 2 N–H and O–H groups in total. The van der Waals surface area contributed by atoms with E-state index in [4.69, 9.17) is 21.1 Å². The van der Waals surface area contributed by atoms with Crippen LogP contribution in [0.25, 0.3) is 10.9 Å². The standard InChI is InChI=1S/C28H35ClN4O4/c1-3-36-28(35)33-11-10-23-24-16-20(29)6-9-25(24)30-26(23)27(33)19-4-7-22(8-5-19)37-18-21(34)17-32-14-12-31(2)13-15-32/h4-9,16,21,27,30,34H,3,10-15,17-18H2,1-2H3. The second kappa shape index (κ2) is 11.3. The van der Waals surface area contributed by atoms with Crippen molar-refractivity contribution >= 4 is 28.6 Å². The zero-order chi connectivity index (χ0) is 25.9. The average Bonchev–Trinajstić information content (AvgIpc) is 3.26. The van der Waals surface area contributed by atoms with Crippen molar-refractivity contribution in [2.24, 2.45) is 0 Å². The number of likely N-dealkylation sites (N-methyl/N-ethyl adjacent to an activating group) is 1. The number of piperazine rings is 1. The van der Waals surface area contributed by atoms with Crippen molar-refractivity contribution in [1.29, 1.82) is 0 Å². The van der Waals surface area contributed by atoms with E-state index < -0.39 is 6.10 Å². The Balaban J connectivity index is 1.32. The van der Waals surface area contributed by atoms with Crippen LogP contribution in [0.2, 0.25) is 5.02 Å². The molecule has 5 rings (SSSR count). The fraction of sp³-hybridized carbons (Fsp3) is 0.464. The molecular weight excluding hydrogens is 492 g/mol. The number of rotatable bonds is 7. The topological polar surface area (TPSA) is 81.3 Å². The Morgan fingerprint density at radius 1 is 1.14 bits per heavy atom. The van der Waals surface area contributed by atoms with Crippen LogP contribution in [0.15, 0.2) is 42.5 Å². The highest BCUT2D eigenvalue weighted by molar-refractivity contribution is 6.31. The van der Waals surface area contributed by atoms with E-state index in [-0.39, 0.29) is 18.7 Å². The van der Waals surface area contributed by atoms with E-state index in [9.17, 15) is 9.90 Å². The lowest BCUT2D eigenvalue weighted by atomic mass is 9.92. The van der Waals surface area contributed by atoms with E-state index in [2.05, 4.69) is 21.8 Å². The smallest absolute Gasteiger partial charge is 0.410 e. The van der Waals surface area contributed by atoms with E-state index in [1.54, 1.807) is 4.90 Å². The summed E-state index contributed by atoms with van der Waals surface area (Å²) in [6.07, 6.45) is -0.166. The number of nitrogens with one attached hydrogen (secondary N) is 1. The molecule has 8 nitrogen and oxygen atoms in total. The fourth-order valence-electron chi connectivity index (χ4n) is 5.33. The van der Waals surface area contributed by atoms with Gasteiger partial charge in [0, 0.05) is 60.9 Å². The van der Waals surface area contributed by atoms with Crippen molar-refractivity contribution in [2.75, 3.05) is 59.5 Å². The monoisotopic (exact) mass is 526 g/mol. The van der Waals surface area contributed by atoms with Gasteiger partial charge in [-0.3, -0.25) is 9.80 Å². The van der Waals surface area contributed by atoms with Crippen molar-refractivity contribution in [1.82, 2.24) is 19.7 Å². The first kappa shape index (κ1) is 25.9. The summed E-state index contributed by atoms with van der Waals surface area (Å²) in [6.45, 7) is 7.48. The van der Waals surface area contributed by atoms with Crippen molar-refractivity contribution in [2.45, 2.75) is 25.5 Å². The Morgan fingerprint density at radius 3 is 2.62 bits per heavy atom. The van der Waals surface area contributed by atoms with Gasteiger partial charge in [0.05, 0.1) is 6.61 Å². The third-order valence-electron chi connectivity index (χ3n) is 7.29. The minimum Gasteiger partial charge on any atom is -0.491 e. The molecule has 2 aliphatic heterocycles. The molecule has 2 aliphatic rings. The molecule has 1 fully saturated rings. The minimum absolute atomic E-state index is 0.233. The number of β-amino-alcohol motifs (C(OH)–C–C–N with tert-alkyl or cyclic N) is 1. The molecule has 9 heteroatoms. The van der Waals surface area contributed by atoms with Crippen molar-refractivity contribution in [3.05, 3.63) is 64.3 Å². The van der Waals surface area contributed by atoms with Gasteiger partial charge in [-0.05, 0) is 61.9 Å². The number of ether oxygens (including phenoxy) is 2. The number of halogens is 1. The molecule has 0 bridgehead atoms. The van der Waals surface area contributed by atoms with E-state index in [1.807, 2.05) is 49.4 Å². The SMILES string of the molecule is CCOC(=O)N1CCc2c([nH]c3ccc(Cl)cc23)C1c1ccc(OCC(O)CN2CCN(C)CC2)cc1. The Kier molecular flexibility index (Phi) is 7.90. The number of aliphatic hydroxyl groups excluding tert-OH is 1. The Morgan fingerprint density at radius 2 is 1.89 bits per heavy atom. The van der Waals surface area contributed by atoms with Gasteiger partial charge in [-0.1, -0.05) is 23.7 Å². The van der Waals surface area contributed by atoms with Crippen LogP contribution in [0.4, 0.5) is 4.79 Å². The number of hydrogen-bond donors (Lipinski definition) is 2. The number of aromatic amines is 1. The molecule has 1 aromatic heterocycles. The summed E-state index contributed by atoms with van der Waals surface area (Å²) in [4.78, 5) is 22.8. The summed E-state index contributed by atoms with van der Waals surface area (Å²) < 4.78 is 11.3. The van der Waals surface area contributed by atoms with Gasteiger partial charge in [0.1, 0.15) is 24.5 Å². The van der Waals surface area contributed by atoms with Gasteiger partial charge in [-0.15, -0.1) is 0 Å². The van der Waals surface area contributed by atoms with Gasteiger partial charge < -0.3 is 24.5 Å². The third-order valence-corrected chi connectivity index (χ3v) is 7.53. The molecule has 198 valence electrons. The largest absolute Gasteiger partial charge is 0.491 e. The van der Waals surface area contributed by atoms with Crippen molar-refractivity contribution < 1.29 is 19.4 Å². The maximum Gasteiger partial charge on any atom is 0.410 e. The van der Waals surface area contributed by atoms with Crippen LogP contribution in [0, 0.1) is 0 Å². The number of aromatic nitrogens is 1. The Labute approximate surface area is 222 Å². The van der Waals surface area contributed by atoms with E-state index in [1.165, 1.54) is 5.56 Å². The second-order valence-corrected chi connectivity index (χ2v) is 10.3. The normalized spacial score (nSPS) is 19.6. The number of amides is 1. The maximum atomic E-state index is 12.9. The number of hydrogen-bond acceptors (Lipinski definition) is 6. The molecule has 0 aliphatic carbocycles. The van der Waals surface area contributed by atoms with Gasteiger partial charge in [0.15, 0.2) is 0 Å². The molecule has 3 heterocycles. The summed E-state index contributed by atoms with van der Waals surface area (Å²) >= 11 is 6.29. The quantitative estimate of drug-likeness (QED) is 0.486. The Hall–Kier alpha value is -2.78. The molecule has 2 aromatic carbocycles. The lowest BCUT2D eigenvalue weighted by Crippen LogP contribution is -2.47. The first-order valence-corrected chi connectivity index (χ1v) is 13.4. The predicted octanol–water partition coefficient (Wildman–Crippen LogP) is 3.91. The van der Waals surface area contributed by atoms with Crippen LogP contribution < -0.4 is 4.74 Å². The number of carbonyl (C=O) groups is 1. The van der Waals surface area contributed by atoms with Crippen LogP contribution >= 0.6 is 11.6 Å². The molecule has 1 saturated heterocycles. The number of carbonyl (C=O) groups excluding carboxylic acids is 1. The highest BCUT2D eigenvalue weighted by Gasteiger charge is 2.35. The summed E-state index contributed by atoms with van der Waals surface area (Å²) in [5, 5.41) is 12.3. The minimum atomic E-state index is -0.554. The van der Waals surface area contributed by atoms with Crippen LogP contribution in [-0.4, -0.2) is 96.5 Å². The molecule has 2 atom stereocenters. The molecule has 0 spiro atoms. The number of nitrogens with zero attached hydrogens (tertiary/aromatic N) is 3. The number of fused-ring (bicyclic) bond motifs is 3. The van der Waals surface area contributed by atoms with E-state index >= 15 is 0 Å². The summed E-state index contributed by atoms with van der Waals surface area (Å²) in [6, 6.07) is 13.3. The van der Waals surface area contributed by atoms with Crippen LogP contribution in [0.3, 0.4) is 0 Å². The number of aliphatic hydroxyl groups is 1. The Bertz CT molecular complexity index is 1220. The van der Waals surface area contributed by atoms with Crippen molar-refractivity contribution in [3.8, 4) is 5.75 Å². The molecule has 37 heavy (non-hydrogen) atoms. The molecule has 0 saturated carbocycles. The second-order valence-electron chi connectivity index (χ2n) is 9.89. The lowest BCUT2D eigenvalue weighted by molar-refractivity contribution is 0.0504. The van der Waals surface area contributed by atoms with Crippen LogP contribution in [-0.2, 0) is 11.2 Å². The van der Waals surface area contributed by atoms with Gasteiger partial charge >= 0.3 is 6.09 Å². The van der Waals surface area contributed by atoms with Crippen LogP contribution in [0.5, 0.6) is 5.75 Å². The average molecular weight is 527 g/mol. The molecule has 3 aromatic rings. The molecular formula is C28H35ClN4O4. The zero-order valence-electron chi connectivity index (χ0n) is 21.5. The number of benzene rings is 2. The zero-order valence-corrected chi connectivity index (χ0v) is 22.2. The maximum absolute atomic E-state index is 12.9. The van der Waals surface area contributed by atoms with Crippen LogP contribution in [0.1, 0.15) is 29.8 Å². The molecule has 2 unspecified atom stereocenters. The van der Waals surface area contributed by atoms with Gasteiger partial charge in [0.2, 0.25) is 0 Å². The van der Waals surface area contributed by atoms with E-state index in [0.717, 1.165) is 54.8 Å².